The Bertz CT molecular complexity index is 447. The number of hydrogen-bond donors (Lipinski definition) is 1. The van der Waals surface area contributed by atoms with Crippen LogP contribution in [-0.2, 0) is 0 Å². The Balaban J connectivity index is 0.00000112. The molecule has 0 atom stereocenters. The minimum atomic E-state index is -0.407. The second-order valence-electron chi connectivity index (χ2n) is 2.74. The minimum absolute atomic E-state index is 0. The summed E-state index contributed by atoms with van der Waals surface area (Å²) in [5.74, 6) is -0.251. The van der Waals surface area contributed by atoms with Crippen LogP contribution in [0.2, 0.25) is 0 Å². The van der Waals surface area contributed by atoms with Gasteiger partial charge in [-0.3, -0.25) is 0 Å². The predicted octanol–water partition coefficient (Wildman–Crippen LogP) is 1.73. The van der Waals surface area contributed by atoms with Crippen molar-refractivity contribution in [2.45, 2.75) is 0 Å². The summed E-state index contributed by atoms with van der Waals surface area (Å²) in [7, 11) is 0. The van der Waals surface area contributed by atoms with Gasteiger partial charge in [0, 0.05) is 6.54 Å². The van der Waals surface area contributed by atoms with Gasteiger partial charge in [-0.2, -0.15) is 0 Å². The molecule has 1 heterocycles. The van der Waals surface area contributed by atoms with Gasteiger partial charge < -0.3 is 15.0 Å². The average Bonchev–Trinajstić information content (AvgIpc) is 2.59. The van der Waals surface area contributed by atoms with Gasteiger partial charge >= 0.3 is 0 Å². The Labute approximate surface area is 91.6 Å². The summed E-state index contributed by atoms with van der Waals surface area (Å²) >= 11 is 0. The number of hydrogen-bond acceptors (Lipinski definition) is 4. The molecule has 2 rings (SSSR count). The van der Waals surface area contributed by atoms with Gasteiger partial charge in [-0.05, 0) is 17.3 Å². The maximum absolute atomic E-state index is 13.3. The van der Waals surface area contributed by atoms with E-state index in [2.05, 4.69) is 5.16 Å². The number of rotatable bonds is 3. The van der Waals surface area contributed by atoms with Gasteiger partial charge in [-0.1, -0.05) is 6.07 Å². The molecular weight excluding hydrogens is 223 g/mol. The van der Waals surface area contributed by atoms with Crippen LogP contribution < -0.4 is 10.5 Å². The zero-order chi connectivity index (χ0) is 9.97. The first kappa shape index (κ1) is 11.7. The monoisotopic (exact) mass is 232 g/mol. The number of fused-ring (bicyclic) bond motifs is 1. The summed E-state index contributed by atoms with van der Waals surface area (Å²) < 4.78 is 23.3. The van der Waals surface area contributed by atoms with E-state index >= 15 is 0 Å². The molecule has 0 unspecified atom stereocenters. The molecule has 82 valence electrons. The van der Waals surface area contributed by atoms with E-state index < -0.39 is 5.82 Å². The van der Waals surface area contributed by atoms with Gasteiger partial charge in [0.1, 0.15) is 17.8 Å². The van der Waals surface area contributed by atoms with Crippen molar-refractivity contribution in [1.29, 1.82) is 0 Å². The van der Waals surface area contributed by atoms with Gasteiger partial charge in [-0.25, -0.2) is 4.39 Å². The standard InChI is InChI=1S/C9H9FN2O2.ClH/c10-6-2-1-3-7-8(6)9(12-14-7)13-5-4-11;/h1-3H,4-5,11H2;1H. The Morgan fingerprint density at radius 3 is 3.00 bits per heavy atom. The van der Waals surface area contributed by atoms with Crippen molar-refractivity contribution in [1.82, 2.24) is 5.16 Å². The molecule has 0 bridgehead atoms. The molecule has 0 saturated carbocycles. The van der Waals surface area contributed by atoms with Crippen molar-refractivity contribution >= 4 is 23.4 Å². The number of benzene rings is 1. The lowest BCUT2D eigenvalue weighted by Crippen LogP contribution is -2.10. The van der Waals surface area contributed by atoms with Crippen LogP contribution in [-0.4, -0.2) is 18.3 Å². The number of nitrogens with two attached hydrogens (primary N) is 1. The van der Waals surface area contributed by atoms with Gasteiger partial charge in [-0.15, -0.1) is 12.4 Å². The third kappa shape index (κ3) is 2.19. The van der Waals surface area contributed by atoms with E-state index in [0.29, 0.717) is 12.1 Å². The molecule has 2 N–H and O–H groups in total. The number of ether oxygens (including phenoxy) is 1. The van der Waals surface area contributed by atoms with Gasteiger partial charge in [0.25, 0.3) is 5.88 Å². The van der Waals surface area contributed by atoms with Crippen molar-refractivity contribution in [3.8, 4) is 5.88 Å². The highest BCUT2D eigenvalue weighted by Gasteiger charge is 2.12. The van der Waals surface area contributed by atoms with Crippen LogP contribution in [0.5, 0.6) is 5.88 Å². The molecule has 2 aromatic rings. The molecule has 1 aromatic heterocycles. The summed E-state index contributed by atoms with van der Waals surface area (Å²) in [6, 6.07) is 4.51. The summed E-state index contributed by atoms with van der Waals surface area (Å²) in [4.78, 5) is 0. The fourth-order valence-corrected chi connectivity index (χ4v) is 1.18. The lowest BCUT2D eigenvalue weighted by molar-refractivity contribution is 0.292. The normalized spacial score (nSPS) is 10.0. The third-order valence-electron chi connectivity index (χ3n) is 1.77. The van der Waals surface area contributed by atoms with E-state index in [9.17, 15) is 4.39 Å². The van der Waals surface area contributed by atoms with Crippen LogP contribution in [0, 0.1) is 5.82 Å². The van der Waals surface area contributed by atoms with Crippen LogP contribution in [0.1, 0.15) is 0 Å². The topological polar surface area (TPSA) is 61.3 Å². The van der Waals surface area contributed by atoms with Crippen LogP contribution in [0.15, 0.2) is 22.7 Å². The van der Waals surface area contributed by atoms with Crippen molar-refractivity contribution in [3.63, 3.8) is 0 Å². The largest absolute Gasteiger partial charge is 0.474 e. The summed E-state index contributed by atoms with van der Waals surface area (Å²) in [6.07, 6.45) is 0. The van der Waals surface area contributed by atoms with Gasteiger partial charge in [0.05, 0.1) is 0 Å². The van der Waals surface area contributed by atoms with E-state index in [1.165, 1.54) is 6.07 Å². The van der Waals surface area contributed by atoms with Crippen molar-refractivity contribution in [2.75, 3.05) is 13.2 Å². The maximum Gasteiger partial charge on any atom is 0.265 e. The number of aromatic nitrogens is 1. The highest BCUT2D eigenvalue weighted by atomic mass is 35.5. The molecule has 1 aromatic carbocycles. The first-order chi connectivity index (χ1) is 6.83. The Morgan fingerprint density at radius 2 is 2.27 bits per heavy atom. The zero-order valence-corrected chi connectivity index (χ0v) is 8.59. The highest BCUT2D eigenvalue weighted by molar-refractivity contribution is 5.85. The molecule has 0 aliphatic heterocycles. The molecular formula is C9H10ClFN2O2. The highest BCUT2D eigenvalue weighted by Crippen LogP contribution is 2.26. The summed E-state index contributed by atoms with van der Waals surface area (Å²) in [6.45, 7) is 0.638. The fraction of sp³-hybridized carbons (Fsp3) is 0.222. The molecule has 6 heteroatoms. The molecule has 0 fully saturated rings. The van der Waals surface area contributed by atoms with E-state index in [1.54, 1.807) is 12.1 Å². The first-order valence-electron chi connectivity index (χ1n) is 4.19. The van der Waals surface area contributed by atoms with E-state index in [0.717, 1.165) is 0 Å². The van der Waals surface area contributed by atoms with Crippen LogP contribution in [0.4, 0.5) is 4.39 Å². The number of nitrogens with zero attached hydrogens (tertiary/aromatic N) is 1. The lowest BCUT2D eigenvalue weighted by atomic mass is 10.2. The van der Waals surface area contributed by atoms with Crippen molar-refractivity contribution in [3.05, 3.63) is 24.0 Å². The van der Waals surface area contributed by atoms with E-state index in [-0.39, 0.29) is 30.3 Å². The zero-order valence-electron chi connectivity index (χ0n) is 7.77. The van der Waals surface area contributed by atoms with Crippen LogP contribution in [0.25, 0.3) is 11.0 Å². The molecule has 0 spiro atoms. The summed E-state index contributed by atoms with van der Waals surface area (Å²) in [5.41, 5.74) is 5.62. The molecule has 4 nitrogen and oxygen atoms in total. The van der Waals surface area contributed by atoms with E-state index in [4.69, 9.17) is 15.0 Å². The summed E-state index contributed by atoms with van der Waals surface area (Å²) in [5, 5.41) is 3.87. The SMILES string of the molecule is Cl.NCCOc1noc2cccc(F)c12. The third-order valence-corrected chi connectivity index (χ3v) is 1.77. The number of halogens is 2. The second-order valence-corrected chi connectivity index (χ2v) is 2.74. The molecule has 0 aliphatic rings. The molecule has 0 amide bonds. The maximum atomic E-state index is 13.3. The van der Waals surface area contributed by atoms with E-state index in [1.807, 2.05) is 0 Å². The van der Waals surface area contributed by atoms with Crippen molar-refractivity contribution < 1.29 is 13.7 Å². The van der Waals surface area contributed by atoms with Gasteiger partial charge in [0.2, 0.25) is 0 Å². The molecule has 0 saturated heterocycles. The quantitative estimate of drug-likeness (QED) is 0.876. The first-order valence-corrected chi connectivity index (χ1v) is 4.19. The van der Waals surface area contributed by atoms with Crippen LogP contribution in [0.3, 0.4) is 0 Å². The Kier molecular flexibility index (Phi) is 3.88. The van der Waals surface area contributed by atoms with Crippen LogP contribution >= 0.6 is 12.4 Å². The molecule has 15 heavy (non-hydrogen) atoms. The average molecular weight is 233 g/mol. The Hall–Kier alpha value is -1.33. The molecule has 0 radical (unpaired) electrons. The predicted molar refractivity (Wildman–Crippen MR) is 55.8 cm³/mol. The van der Waals surface area contributed by atoms with Crippen molar-refractivity contribution in [2.24, 2.45) is 5.73 Å². The molecule has 0 aliphatic carbocycles. The Morgan fingerprint density at radius 1 is 1.47 bits per heavy atom. The van der Waals surface area contributed by atoms with Gasteiger partial charge in [0.15, 0.2) is 5.58 Å². The fourth-order valence-electron chi connectivity index (χ4n) is 1.18. The lowest BCUT2D eigenvalue weighted by Gasteiger charge is -1.98. The minimum Gasteiger partial charge on any atom is -0.474 e. The smallest absolute Gasteiger partial charge is 0.265 e. The second kappa shape index (κ2) is 4.95.